The molecule has 0 fully saturated rings. The summed E-state index contributed by atoms with van der Waals surface area (Å²) in [7, 11) is 0. The van der Waals surface area contributed by atoms with Crippen molar-refractivity contribution in [1.82, 2.24) is 0 Å². The van der Waals surface area contributed by atoms with Crippen molar-refractivity contribution in [1.29, 1.82) is 0 Å². The first-order valence-electron chi connectivity index (χ1n) is 0. The fourth-order valence-corrected chi connectivity index (χ4v) is 0. The fourth-order valence-electron chi connectivity index (χ4n) is 0. The van der Waals surface area contributed by atoms with Gasteiger partial charge in [-0.25, -0.2) is 0 Å². The predicted molar refractivity (Wildman–Crippen MR) is 5.75 cm³/mol. The van der Waals surface area contributed by atoms with Gasteiger partial charge in [0.1, 0.15) is 0 Å². The van der Waals surface area contributed by atoms with Crippen molar-refractivity contribution < 1.29 is 67.4 Å². The summed E-state index contributed by atoms with van der Waals surface area (Å²) in [5, 5.41) is 0. The van der Waals surface area contributed by atoms with Crippen molar-refractivity contribution in [2.75, 3.05) is 0 Å². The van der Waals surface area contributed by atoms with E-state index in [1.807, 2.05) is 0 Å². The Kier molecular flexibility index (Phi) is 305. The average Bonchev–Trinajstić information content (AvgIpc) is 0. The minimum Gasteiger partial charge on any atom is 0 e. The van der Waals surface area contributed by atoms with Gasteiger partial charge in [-0.15, -0.1) is 0 Å². The molecule has 0 bridgehead atoms. The summed E-state index contributed by atoms with van der Waals surface area (Å²) in [6.45, 7) is 0. The first-order valence-corrected chi connectivity index (χ1v) is 0. The van der Waals surface area contributed by atoms with Crippen LogP contribution in [-0.4, -0.2) is 17.4 Å². The summed E-state index contributed by atoms with van der Waals surface area (Å²) in [6, 6.07) is 0. The molecule has 0 unspecified atom stereocenters. The first kappa shape index (κ1) is 49.4. The molecule has 0 saturated carbocycles. The normalized spacial score (nSPS) is 0. The van der Waals surface area contributed by atoms with Crippen molar-refractivity contribution in [3.8, 4) is 0 Å². The molecule has 0 aromatic heterocycles. The molecule has 0 aliphatic carbocycles. The van der Waals surface area contributed by atoms with E-state index in [0.717, 1.165) is 0 Å². The molecule has 41 valence electrons. The average molecular weight is 264 g/mol. The molecule has 5 radical (unpaired) electrons. The summed E-state index contributed by atoms with van der Waals surface area (Å²) in [5.41, 5.74) is 0. The van der Waals surface area contributed by atoms with Gasteiger partial charge in [-0.05, 0) is 0 Å². The number of hydrogen-bond donors (Lipinski definition) is 0. The molecular formula is AlCoCuFeNi. The molecule has 0 aromatic carbocycles. The zero-order valence-corrected chi connectivity index (χ0v) is 7.11. The fraction of sp³-hybridized carbons (Fsp3) is 0. The van der Waals surface area contributed by atoms with Gasteiger partial charge in [0.05, 0.1) is 0 Å². The molecule has 0 rings (SSSR count). The summed E-state index contributed by atoms with van der Waals surface area (Å²) in [6.07, 6.45) is 0. The Bertz CT molecular complexity index is 11.6. The van der Waals surface area contributed by atoms with E-state index in [0.29, 0.717) is 0 Å². The second kappa shape index (κ2) is 30.8. The van der Waals surface area contributed by atoms with Crippen LogP contribution in [0.15, 0.2) is 0 Å². The van der Waals surface area contributed by atoms with E-state index in [2.05, 4.69) is 0 Å². The van der Waals surface area contributed by atoms with Crippen LogP contribution in [-0.2, 0) is 67.4 Å². The third-order valence-corrected chi connectivity index (χ3v) is 0. The van der Waals surface area contributed by atoms with Crippen molar-refractivity contribution in [2.45, 2.75) is 0 Å². The minimum absolute atomic E-state index is 0. The van der Waals surface area contributed by atoms with Crippen molar-refractivity contribution in [3.63, 3.8) is 0 Å². The van der Waals surface area contributed by atoms with Crippen LogP contribution in [0, 0.1) is 0 Å². The monoisotopic (exact) mass is 263 g/mol. The first-order chi connectivity index (χ1) is 0. The zero-order chi connectivity index (χ0) is 0. The Labute approximate surface area is 83.8 Å². The maximum atomic E-state index is 0. The van der Waals surface area contributed by atoms with Crippen molar-refractivity contribution in [2.24, 2.45) is 0 Å². The third kappa shape index (κ3) is 20.8. The summed E-state index contributed by atoms with van der Waals surface area (Å²) in [5.74, 6) is 0. The Balaban J connectivity index is 0. The topological polar surface area (TPSA) is 0 Å². The molecule has 0 aliphatic heterocycles. The minimum atomic E-state index is 0. The molecule has 0 amide bonds. The van der Waals surface area contributed by atoms with E-state index >= 15 is 0 Å². The van der Waals surface area contributed by atoms with E-state index in [1.54, 1.807) is 0 Å². The van der Waals surface area contributed by atoms with Gasteiger partial charge in [0.15, 0.2) is 0 Å². The van der Waals surface area contributed by atoms with Crippen LogP contribution >= 0.6 is 0 Å². The van der Waals surface area contributed by atoms with E-state index < -0.39 is 0 Å². The Morgan fingerprint density at radius 1 is 1.00 bits per heavy atom. The maximum Gasteiger partial charge on any atom is 0 e. The third-order valence-electron chi connectivity index (χ3n) is 0. The number of rotatable bonds is 0. The van der Waals surface area contributed by atoms with Crippen LogP contribution < -0.4 is 0 Å². The van der Waals surface area contributed by atoms with E-state index in [-0.39, 0.29) is 84.8 Å². The van der Waals surface area contributed by atoms with Gasteiger partial charge in [-0.1, -0.05) is 0 Å². The summed E-state index contributed by atoms with van der Waals surface area (Å²) in [4.78, 5) is 0. The molecule has 0 aliphatic rings. The molecule has 0 spiro atoms. The van der Waals surface area contributed by atoms with Gasteiger partial charge in [0.2, 0.25) is 0 Å². The van der Waals surface area contributed by atoms with E-state index in [9.17, 15) is 0 Å². The molecule has 0 nitrogen and oxygen atoms in total. The van der Waals surface area contributed by atoms with Crippen LogP contribution in [0.3, 0.4) is 0 Å². The van der Waals surface area contributed by atoms with Gasteiger partial charge in [-0.2, -0.15) is 0 Å². The van der Waals surface area contributed by atoms with Crippen molar-refractivity contribution in [3.05, 3.63) is 0 Å². The quantitative estimate of drug-likeness (QED) is 0.523. The van der Waals surface area contributed by atoms with Gasteiger partial charge in [-0.3, -0.25) is 0 Å². The number of hydrogen-bond acceptors (Lipinski definition) is 0. The molecular weight excluding hydrogens is 264 g/mol. The Morgan fingerprint density at radius 3 is 1.00 bits per heavy atom. The van der Waals surface area contributed by atoms with E-state index in [4.69, 9.17) is 0 Å². The Hall–Kier alpha value is 2.57. The van der Waals surface area contributed by atoms with Crippen LogP contribution in [0.1, 0.15) is 0 Å². The van der Waals surface area contributed by atoms with Crippen LogP contribution in [0.4, 0.5) is 0 Å². The van der Waals surface area contributed by atoms with Crippen molar-refractivity contribution >= 4 is 17.4 Å². The second-order valence-corrected chi connectivity index (χ2v) is 0. The van der Waals surface area contributed by atoms with Gasteiger partial charge in [0, 0.05) is 84.8 Å². The largest absolute Gasteiger partial charge is 0 e. The van der Waals surface area contributed by atoms with Crippen LogP contribution in [0.2, 0.25) is 0 Å². The maximum absolute atomic E-state index is 0. The zero-order valence-electron chi connectivity index (χ0n) is 1.88. The summed E-state index contributed by atoms with van der Waals surface area (Å²) < 4.78 is 0. The van der Waals surface area contributed by atoms with Crippen LogP contribution in [0.25, 0.3) is 0 Å². The second-order valence-electron chi connectivity index (χ2n) is 0. The molecule has 0 aromatic rings. The standard InChI is InChI=1S/Al.Co.Cu.Fe.Ni. The van der Waals surface area contributed by atoms with Gasteiger partial charge in [0.25, 0.3) is 0 Å². The molecule has 0 N–H and O–H groups in total. The molecule has 0 heterocycles. The van der Waals surface area contributed by atoms with Gasteiger partial charge < -0.3 is 0 Å². The van der Waals surface area contributed by atoms with E-state index in [1.165, 1.54) is 0 Å². The molecule has 5 heteroatoms. The molecule has 0 atom stereocenters. The SMILES string of the molecule is [Al].[Co].[Cu].[Fe].[Ni]. The Morgan fingerprint density at radius 2 is 1.00 bits per heavy atom. The molecule has 5 heavy (non-hydrogen) atoms. The van der Waals surface area contributed by atoms with Gasteiger partial charge >= 0.3 is 0 Å². The summed E-state index contributed by atoms with van der Waals surface area (Å²) >= 11 is 0. The van der Waals surface area contributed by atoms with Crippen LogP contribution in [0.5, 0.6) is 0 Å². The smallest absolute Gasteiger partial charge is 0 e. The molecule has 0 saturated heterocycles. The predicted octanol–water partition coefficient (Wildman–Crippen LogP) is -0.391.